The van der Waals surface area contributed by atoms with Crippen LogP contribution in [0.5, 0.6) is 0 Å². The molecule has 0 radical (unpaired) electrons. The highest BCUT2D eigenvalue weighted by Gasteiger charge is 2.37. The summed E-state index contributed by atoms with van der Waals surface area (Å²) in [6.45, 7) is 4.57. The van der Waals surface area contributed by atoms with Crippen molar-refractivity contribution in [3.8, 4) is 0 Å². The van der Waals surface area contributed by atoms with E-state index in [1.165, 1.54) is 25.7 Å². The number of carbonyl (C=O) groups is 1. The third-order valence-electron chi connectivity index (χ3n) is 4.48. The van der Waals surface area contributed by atoms with Gasteiger partial charge in [0.25, 0.3) is 0 Å². The van der Waals surface area contributed by atoms with Crippen LogP contribution in [0, 0.1) is 11.3 Å². The Balaban J connectivity index is 1.90. The molecule has 17 heavy (non-hydrogen) atoms. The lowest BCUT2D eigenvalue weighted by atomic mass is 9.84. The molecule has 0 spiro atoms. The highest BCUT2D eigenvalue weighted by Crippen LogP contribution is 2.31. The van der Waals surface area contributed by atoms with Gasteiger partial charge in [-0.3, -0.25) is 0 Å². The molecule has 0 bridgehead atoms. The van der Waals surface area contributed by atoms with E-state index in [-0.39, 0.29) is 5.41 Å². The molecule has 1 heterocycles. The molecule has 1 saturated heterocycles. The minimum Gasteiger partial charge on any atom is -0.380 e. The van der Waals surface area contributed by atoms with Crippen molar-refractivity contribution in [1.82, 2.24) is 4.90 Å². The molecule has 0 aromatic rings. The Morgan fingerprint density at radius 2 is 2.29 bits per heavy atom. The Morgan fingerprint density at radius 1 is 1.47 bits per heavy atom. The van der Waals surface area contributed by atoms with Crippen molar-refractivity contribution in [1.29, 1.82) is 0 Å². The van der Waals surface area contributed by atoms with Crippen molar-refractivity contribution >= 4 is 6.29 Å². The Hall–Kier alpha value is -0.410. The maximum Gasteiger partial charge on any atom is 0.129 e. The number of aldehydes is 1. The monoisotopic (exact) mass is 239 g/mol. The smallest absolute Gasteiger partial charge is 0.129 e. The molecule has 1 aliphatic carbocycles. The van der Waals surface area contributed by atoms with Crippen molar-refractivity contribution in [3.63, 3.8) is 0 Å². The van der Waals surface area contributed by atoms with Gasteiger partial charge in [0.2, 0.25) is 0 Å². The van der Waals surface area contributed by atoms with Crippen molar-refractivity contribution in [2.24, 2.45) is 11.3 Å². The summed E-state index contributed by atoms with van der Waals surface area (Å²) in [6, 6.07) is 0.663. The highest BCUT2D eigenvalue weighted by atomic mass is 16.5. The van der Waals surface area contributed by atoms with Gasteiger partial charge in [0.15, 0.2) is 0 Å². The van der Waals surface area contributed by atoms with Crippen LogP contribution in [0.25, 0.3) is 0 Å². The third kappa shape index (κ3) is 3.08. The van der Waals surface area contributed by atoms with E-state index < -0.39 is 0 Å². The maximum atomic E-state index is 11.3. The van der Waals surface area contributed by atoms with E-state index in [1.807, 2.05) is 0 Å². The van der Waals surface area contributed by atoms with Crippen molar-refractivity contribution in [2.45, 2.75) is 45.1 Å². The van der Waals surface area contributed by atoms with Gasteiger partial charge in [-0.05, 0) is 32.2 Å². The highest BCUT2D eigenvalue weighted by molar-refractivity contribution is 5.60. The predicted octanol–water partition coefficient (Wildman–Crippen LogP) is 2.10. The molecular weight excluding hydrogens is 214 g/mol. The molecule has 1 saturated carbocycles. The lowest BCUT2D eigenvalue weighted by molar-refractivity contribution is -0.117. The normalized spacial score (nSPS) is 38.5. The van der Waals surface area contributed by atoms with E-state index in [0.717, 1.165) is 31.8 Å². The van der Waals surface area contributed by atoms with Crippen LogP contribution in [0.15, 0.2) is 0 Å². The number of hydrogen-bond donors (Lipinski definition) is 0. The fourth-order valence-electron chi connectivity index (χ4n) is 3.31. The standard InChI is InChI=1S/C14H25NO2/c1-12-4-3-5-13(8-12)15(2)9-14(10-16)6-7-17-11-14/h10,12-13H,3-9,11H2,1-2H3. The van der Waals surface area contributed by atoms with Crippen molar-refractivity contribution < 1.29 is 9.53 Å². The summed E-state index contributed by atoms with van der Waals surface area (Å²) in [6.07, 6.45) is 7.29. The number of carbonyl (C=O) groups excluding carboxylic acids is 1. The summed E-state index contributed by atoms with van der Waals surface area (Å²) in [4.78, 5) is 13.7. The molecule has 98 valence electrons. The van der Waals surface area contributed by atoms with Gasteiger partial charge in [-0.2, -0.15) is 0 Å². The van der Waals surface area contributed by atoms with Crippen LogP contribution in [0.3, 0.4) is 0 Å². The topological polar surface area (TPSA) is 29.5 Å². The van der Waals surface area contributed by atoms with E-state index in [4.69, 9.17) is 4.74 Å². The number of nitrogens with zero attached hydrogens (tertiary/aromatic N) is 1. The third-order valence-corrected chi connectivity index (χ3v) is 4.48. The molecule has 3 atom stereocenters. The lowest BCUT2D eigenvalue weighted by Gasteiger charge is -2.37. The van der Waals surface area contributed by atoms with Crippen LogP contribution in [0.2, 0.25) is 0 Å². The summed E-state index contributed by atoms with van der Waals surface area (Å²) in [7, 11) is 2.17. The first kappa shape index (κ1) is 13.0. The fraction of sp³-hybridized carbons (Fsp3) is 0.929. The molecule has 3 nitrogen and oxygen atoms in total. The summed E-state index contributed by atoms with van der Waals surface area (Å²) < 4.78 is 5.40. The molecule has 0 N–H and O–H groups in total. The lowest BCUT2D eigenvalue weighted by Crippen LogP contribution is -2.44. The van der Waals surface area contributed by atoms with Crippen LogP contribution in [0.1, 0.15) is 39.0 Å². The molecule has 1 aliphatic heterocycles. The zero-order valence-electron chi connectivity index (χ0n) is 11.2. The van der Waals surface area contributed by atoms with Gasteiger partial charge in [-0.1, -0.05) is 19.8 Å². The Labute approximate surface area is 105 Å². The number of hydrogen-bond acceptors (Lipinski definition) is 3. The van der Waals surface area contributed by atoms with Gasteiger partial charge in [-0.25, -0.2) is 0 Å². The van der Waals surface area contributed by atoms with Crippen LogP contribution < -0.4 is 0 Å². The van der Waals surface area contributed by atoms with E-state index in [1.54, 1.807) is 0 Å². The van der Waals surface area contributed by atoms with Crippen molar-refractivity contribution in [2.75, 3.05) is 26.8 Å². The van der Waals surface area contributed by atoms with Gasteiger partial charge in [0.05, 0.1) is 12.0 Å². The quantitative estimate of drug-likeness (QED) is 0.704. The SMILES string of the molecule is CC1CCCC(N(C)CC2(C=O)CCOC2)C1. The van der Waals surface area contributed by atoms with Crippen LogP contribution in [0.4, 0.5) is 0 Å². The zero-order chi connectivity index (χ0) is 12.3. The number of rotatable bonds is 4. The predicted molar refractivity (Wildman–Crippen MR) is 68.0 cm³/mol. The first-order valence-electron chi connectivity index (χ1n) is 6.89. The molecule has 2 fully saturated rings. The van der Waals surface area contributed by atoms with E-state index in [9.17, 15) is 4.79 Å². The van der Waals surface area contributed by atoms with E-state index in [0.29, 0.717) is 12.6 Å². The molecular formula is C14H25NO2. The summed E-state index contributed by atoms with van der Waals surface area (Å²) in [5.41, 5.74) is -0.227. The Morgan fingerprint density at radius 3 is 2.88 bits per heavy atom. The van der Waals surface area contributed by atoms with Crippen molar-refractivity contribution in [3.05, 3.63) is 0 Å². The van der Waals surface area contributed by atoms with Gasteiger partial charge in [0.1, 0.15) is 6.29 Å². The summed E-state index contributed by atoms with van der Waals surface area (Å²) >= 11 is 0. The van der Waals surface area contributed by atoms with Gasteiger partial charge in [-0.15, -0.1) is 0 Å². The van der Waals surface area contributed by atoms with Gasteiger partial charge < -0.3 is 14.4 Å². The molecule has 0 aromatic heterocycles. The van der Waals surface area contributed by atoms with Crippen LogP contribution >= 0.6 is 0 Å². The van der Waals surface area contributed by atoms with Gasteiger partial charge in [0, 0.05) is 19.2 Å². The molecule has 2 rings (SSSR count). The van der Waals surface area contributed by atoms with E-state index in [2.05, 4.69) is 18.9 Å². The second-order valence-corrected chi connectivity index (χ2v) is 6.12. The van der Waals surface area contributed by atoms with Crippen LogP contribution in [-0.2, 0) is 9.53 Å². The van der Waals surface area contributed by atoms with E-state index >= 15 is 0 Å². The second kappa shape index (κ2) is 5.49. The number of ether oxygens (including phenoxy) is 1. The van der Waals surface area contributed by atoms with Crippen LogP contribution in [-0.4, -0.2) is 44.0 Å². The Kier molecular flexibility index (Phi) is 4.21. The first-order chi connectivity index (χ1) is 8.15. The molecule has 3 unspecified atom stereocenters. The average Bonchev–Trinajstić information content (AvgIpc) is 2.78. The minimum atomic E-state index is -0.227. The molecule has 2 aliphatic rings. The first-order valence-corrected chi connectivity index (χ1v) is 6.89. The summed E-state index contributed by atoms with van der Waals surface area (Å²) in [5, 5.41) is 0. The molecule has 3 heteroatoms. The zero-order valence-corrected chi connectivity index (χ0v) is 11.2. The maximum absolute atomic E-state index is 11.3. The summed E-state index contributed by atoms with van der Waals surface area (Å²) in [5.74, 6) is 0.836. The Bertz CT molecular complexity index is 261. The molecule has 0 amide bonds. The second-order valence-electron chi connectivity index (χ2n) is 6.12. The largest absolute Gasteiger partial charge is 0.380 e. The fourth-order valence-corrected chi connectivity index (χ4v) is 3.31. The molecule has 0 aromatic carbocycles. The van der Waals surface area contributed by atoms with Gasteiger partial charge >= 0.3 is 0 Å². The minimum absolute atomic E-state index is 0.227. The average molecular weight is 239 g/mol.